The normalized spacial score (nSPS) is 23.6. The van der Waals surface area contributed by atoms with E-state index < -0.39 is 26.5 Å². The summed E-state index contributed by atoms with van der Waals surface area (Å²) in [6.07, 6.45) is 7.89. The van der Waals surface area contributed by atoms with Gasteiger partial charge in [0, 0.05) is 0 Å². The topological polar surface area (TPSA) is 29.5 Å². The first-order chi connectivity index (χ1) is 13.7. The molecule has 1 amide bonds. The van der Waals surface area contributed by atoms with Gasteiger partial charge in [-0.25, -0.2) is 0 Å². The molecule has 0 aliphatic carbocycles. The molecule has 2 aliphatic rings. The van der Waals surface area contributed by atoms with Crippen molar-refractivity contribution in [3.05, 3.63) is 21.4 Å². The number of hydrogen-bond acceptors (Lipinski definition) is 2. The molecule has 29 heavy (non-hydrogen) atoms. The molecule has 0 bridgehead atoms. The van der Waals surface area contributed by atoms with Gasteiger partial charge in [0.1, 0.15) is 0 Å². The standard InChI is InChI=1S/C12H18NO2Si.3C4H9.Sn/c1-8-10(9(2)16(3,4)5)6-13-11(8)7-15-12(13)14;3*1-3-4-2;/h1,10-11H,2,6-7H2,3-5H3;3*1,3-4H2,2H3;/t10-,11-;;;;/m1..../s1. The second kappa shape index (κ2) is 10.9. The van der Waals surface area contributed by atoms with Crippen LogP contribution in [0.1, 0.15) is 59.3 Å². The van der Waals surface area contributed by atoms with Gasteiger partial charge in [-0.05, 0) is 0 Å². The van der Waals surface area contributed by atoms with Crippen molar-refractivity contribution < 1.29 is 9.53 Å². The molecule has 166 valence electrons. The van der Waals surface area contributed by atoms with Gasteiger partial charge in [-0.1, -0.05) is 0 Å². The number of nitrogens with zero attached hydrogens (tertiary/aromatic N) is 1. The first-order valence-corrected chi connectivity index (χ1v) is 23.2. The minimum absolute atomic E-state index is 0.108. The molecule has 0 aromatic carbocycles. The quantitative estimate of drug-likeness (QED) is 0.252. The number of cyclic esters (lactones) is 1. The van der Waals surface area contributed by atoms with Crippen molar-refractivity contribution in [2.24, 2.45) is 5.92 Å². The van der Waals surface area contributed by atoms with Gasteiger partial charge in [0.05, 0.1) is 0 Å². The van der Waals surface area contributed by atoms with Crippen LogP contribution in [-0.2, 0) is 4.74 Å². The molecule has 0 aromatic rings. The van der Waals surface area contributed by atoms with Crippen molar-refractivity contribution >= 4 is 32.5 Å². The summed E-state index contributed by atoms with van der Waals surface area (Å²) in [7, 11) is -1.48. The van der Waals surface area contributed by atoms with Crippen molar-refractivity contribution in [2.75, 3.05) is 13.2 Å². The molecular formula is C24H45NO2SiSn. The van der Waals surface area contributed by atoms with Crippen LogP contribution in [0.15, 0.2) is 21.4 Å². The Morgan fingerprint density at radius 2 is 1.62 bits per heavy atom. The number of unbranched alkanes of at least 4 members (excludes halogenated alkanes) is 3. The van der Waals surface area contributed by atoms with E-state index in [1.54, 1.807) is 5.57 Å². The third-order valence-electron chi connectivity index (χ3n) is 7.08. The van der Waals surface area contributed by atoms with Crippen LogP contribution in [0.5, 0.6) is 0 Å². The first kappa shape index (κ1) is 25.0. The Bertz CT molecular complexity index is 589. The Morgan fingerprint density at radius 3 is 2.07 bits per heavy atom. The maximum absolute atomic E-state index is 12.4. The number of carbonyl (C=O) groups excluding carboxylic acids is 1. The number of rotatable bonds is 12. The van der Waals surface area contributed by atoms with Crippen LogP contribution in [0.2, 0.25) is 33.0 Å². The molecule has 2 fully saturated rings. The Balaban J connectivity index is 2.48. The molecule has 3 nitrogen and oxygen atoms in total. The van der Waals surface area contributed by atoms with Crippen molar-refractivity contribution in [1.82, 2.24) is 4.90 Å². The first-order valence-electron chi connectivity index (χ1n) is 12.0. The van der Waals surface area contributed by atoms with E-state index >= 15 is 0 Å². The molecule has 2 saturated heterocycles. The Kier molecular flexibility index (Phi) is 9.39. The summed E-state index contributed by atoms with van der Waals surface area (Å²) in [5, 5.41) is 1.42. The summed E-state index contributed by atoms with van der Waals surface area (Å²) < 4.78 is 12.8. The zero-order valence-corrected chi connectivity index (χ0v) is 23.8. The predicted molar refractivity (Wildman–Crippen MR) is 131 cm³/mol. The Hall–Kier alpha value is -0.234. The summed E-state index contributed by atoms with van der Waals surface area (Å²) in [5.41, 5.74) is 1.54. The van der Waals surface area contributed by atoms with E-state index in [1.165, 1.54) is 57.0 Å². The van der Waals surface area contributed by atoms with E-state index in [9.17, 15) is 4.79 Å². The van der Waals surface area contributed by atoms with E-state index in [1.807, 2.05) is 4.90 Å². The second-order valence-electron chi connectivity index (χ2n) is 10.4. The van der Waals surface area contributed by atoms with E-state index in [2.05, 4.69) is 51.1 Å². The summed E-state index contributed by atoms with van der Waals surface area (Å²) >= 11 is -2.45. The fourth-order valence-corrected chi connectivity index (χ4v) is 21.9. The molecule has 2 aliphatic heterocycles. The molecule has 0 radical (unpaired) electrons. The summed E-state index contributed by atoms with van der Waals surface area (Å²) in [6.45, 7) is 20.1. The summed E-state index contributed by atoms with van der Waals surface area (Å²) in [4.78, 5) is 14.4. The number of ether oxygens (including phenoxy) is 1. The van der Waals surface area contributed by atoms with Crippen LogP contribution in [0.3, 0.4) is 0 Å². The molecule has 0 unspecified atom stereocenters. The van der Waals surface area contributed by atoms with Crippen LogP contribution < -0.4 is 0 Å². The van der Waals surface area contributed by atoms with Gasteiger partial charge in [-0.2, -0.15) is 0 Å². The molecule has 2 rings (SSSR count). The van der Waals surface area contributed by atoms with E-state index in [4.69, 9.17) is 4.74 Å². The van der Waals surface area contributed by atoms with Gasteiger partial charge in [0.25, 0.3) is 0 Å². The molecule has 0 N–H and O–H groups in total. The van der Waals surface area contributed by atoms with E-state index in [0.29, 0.717) is 12.5 Å². The molecule has 5 heteroatoms. The van der Waals surface area contributed by atoms with Crippen LogP contribution >= 0.6 is 0 Å². The molecule has 0 aromatic heterocycles. The van der Waals surface area contributed by atoms with Crippen molar-refractivity contribution in [1.29, 1.82) is 0 Å². The second-order valence-corrected chi connectivity index (χ2v) is 28.4. The molecule has 2 heterocycles. The van der Waals surface area contributed by atoms with Gasteiger partial charge in [-0.15, -0.1) is 0 Å². The molecule has 2 atom stereocenters. The maximum atomic E-state index is 12.4. The number of amides is 1. The van der Waals surface area contributed by atoms with Gasteiger partial charge in [0.15, 0.2) is 0 Å². The average Bonchev–Trinajstić information content (AvgIpc) is 3.21. The van der Waals surface area contributed by atoms with Gasteiger partial charge in [0.2, 0.25) is 0 Å². The average molecular weight is 526 g/mol. The van der Waals surface area contributed by atoms with Crippen LogP contribution in [0, 0.1) is 5.92 Å². The van der Waals surface area contributed by atoms with E-state index in [0.717, 1.165) is 6.54 Å². The molecular weight excluding hydrogens is 481 g/mol. The van der Waals surface area contributed by atoms with E-state index in [-0.39, 0.29) is 12.1 Å². The Labute approximate surface area is 185 Å². The number of hydrogen-bond donors (Lipinski definition) is 0. The third-order valence-corrected chi connectivity index (χ3v) is 23.6. The number of fused-ring (bicyclic) bond motifs is 1. The fourth-order valence-electron chi connectivity index (χ4n) is 5.03. The van der Waals surface area contributed by atoms with Crippen LogP contribution in [0.4, 0.5) is 4.79 Å². The van der Waals surface area contributed by atoms with Gasteiger partial charge < -0.3 is 0 Å². The summed E-state index contributed by atoms with van der Waals surface area (Å²) in [6, 6.07) is 0.182. The van der Waals surface area contributed by atoms with Gasteiger partial charge >= 0.3 is 186 Å². The zero-order valence-electron chi connectivity index (χ0n) is 20.0. The van der Waals surface area contributed by atoms with Crippen molar-refractivity contribution in [3.63, 3.8) is 0 Å². The predicted octanol–water partition coefficient (Wildman–Crippen LogP) is 7.19. The summed E-state index contributed by atoms with van der Waals surface area (Å²) in [5.74, 6) is 0.375. The zero-order chi connectivity index (χ0) is 21.7. The monoisotopic (exact) mass is 527 g/mol. The number of carbonyl (C=O) groups is 1. The fraction of sp³-hybridized carbons (Fsp3) is 0.792. The SMILES string of the molecule is C=C([C@@H]1CN2C(=O)OC[C@@H]2/C1=[CH]/[Sn]([CH2]CCC)([CH2]CCC)[CH2]CCC)[Si](C)(C)C. The molecule has 0 spiro atoms. The van der Waals surface area contributed by atoms with Gasteiger partial charge in [-0.3, -0.25) is 0 Å². The third kappa shape index (κ3) is 6.15. The van der Waals surface area contributed by atoms with Crippen molar-refractivity contribution in [2.45, 2.75) is 98.3 Å². The Morgan fingerprint density at radius 1 is 1.10 bits per heavy atom. The minimum atomic E-state index is -2.45. The van der Waals surface area contributed by atoms with Crippen LogP contribution in [-0.4, -0.2) is 56.6 Å². The van der Waals surface area contributed by atoms with Crippen molar-refractivity contribution in [3.8, 4) is 0 Å². The van der Waals surface area contributed by atoms with Crippen LogP contribution in [0.25, 0.3) is 0 Å². The molecule has 0 saturated carbocycles.